The van der Waals surface area contributed by atoms with Gasteiger partial charge in [-0.15, -0.1) is 0 Å². The molecule has 3 rings (SSSR count). The van der Waals surface area contributed by atoms with Gasteiger partial charge < -0.3 is 9.84 Å². The standard InChI is InChI=1S/C24H27FO5S/c1-7-14-12-15(16-9-11-18(25)19(13-16)30-6)8-10-17(14)20-21(26)23(2,3)31(28,29)24(4,5)22(20)27/h8-13,26H,7H2,1-6H3. The Hall–Kier alpha value is -2.67. The SMILES string of the molecule is CCc1cc(-c2ccc(F)c(OC)c2)ccc1C1=C(O)C(C)(C)S(=O)(=O)C(C)(C)C1=O. The fourth-order valence-electron chi connectivity index (χ4n) is 4.00. The van der Waals surface area contributed by atoms with E-state index in [1.54, 1.807) is 24.3 Å². The fraction of sp³-hybridized carbons (Fsp3) is 0.375. The monoisotopic (exact) mass is 446 g/mol. The molecule has 1 aliphatic rings. The number of ether oxygens (including phenoxy) is 1. The number of hydrogen-bond acceptors (Lipinski definition) is 5. The number of carbonyl (C=O) groups is 1. The van der Waals surface area contributed by atoms with Gasteiger partial charge in [0.1, 0.15) is 15.3 Å². The van der Waals surface area contributed by atoms with Gasteiger partial charge in [0.05, 0.1) is 12.7 Å². The van der Waals surface area contributed by atoms with Crippen molar-refractivity contribution < 1.29 is 27.4 Å². The van der Waals surface area contributed by atoms with Crippen LogP contribution >= 0.6 is 0 Å². The van der Waals surface area contributed by atoms with E-state index in [2.05, 4.69) is 0 Å². The predicted molar refractivity (Wildman–Crippen MR) is 119 cm³/mol. The number of benzene rings is 2. The van der Waals surface area contributed by atoms with E-state index in [-0.39, 0.29) is 11.3 Å². The summed E-state index contributed by atoms with van der Waals surface area (Å²) in [5, 5.41) is 10.9. The van der Waals surface area contributed by atoms with Crippen LogP contribution in [0.3, 0.4) is 0 Å². The normalized spacial score (nSPS) is 19.4. The molecule has 1 N–H and O–H groups in total. The van der Waals surface area contributed by atoms with E-state index in [0.29, 0.717) is 12.0 Å². The highest BCUT2D eigenvalue weighted by Gasteiger charge is 2.58. The number of rotatable bonds is 4. The molecule has 0 aliphatic carbocycles. The van der Waals surface area contributed by atoms with E-state index < -0.39 is 36.7 Å². The maximum absolute atomic E-state index is 13.8. The van der Waals surface area contributed by atoms with E-state index in [0.717, 1.165) is 16.7 Å². The third-order valence-corrected chi connectivity index (χ3v) is 9.23. The molecular formula is C24H27FO5S. The van der Waals surface area contributed by atoms with Crippen molar-refractivity contribution in [3.8, 4) is 16.9 Å². The summed E-state index contributed by atoms with van der Waals surface area (Å²) >= 11 is 0. The lowest BCUT2D eigenvalue weighted by atomic mass is 9.85. The number of hydrogen-bond donors (Lipinski definition) is 1. The van der Waals surface area contributed by atoms with Crippen LogP contribution in [0.5, 0.6) is 5.75 Å². The van der Waals surface area contributed by atoms with Crippen LogP contribution in [0.4, 0.5) is 4.39 Å². The van der Waals surface area contributed by atoms with Crippen LogP contribution in [0.1, 0.15) is 45.7 Å². The molecule has 0 saturated heterocycles. The first-order valence-corrected chi connectivity index (χ1v) is 11.5. The molecule has 0 spiro atoms. The van der Waals surface area contributed by atoms with Crippen molar-refractivity contribution in [2.75, 3.05) is 7.11 Å². The summed E-state index contributed by atoms with van der Waals surface area (Å²) < 4.78 is 41.5. The van der Waals surface area contributed by atoms with Gasteiger partial charge in [-0.2, -0.15) is 0 Å². The Bertz CT molecular complexity index is 1210. The first-order chi connectivity index (χ1) is 14.3. The number of halogens is 1. The zero-order valence-corrected chi connectivity index (χ0v) is 19.4. The van der Waals surface area contributed by atoms with Crippen molar-refractivity contribution in [2.24, 2.45) is 0 Å². The number of sulfone groups is 1. The smallest absolute Gasteiger partial charge is 0.187 e. The Morgan fingerprint density at radius 3 is 2.16 bits per heavy atom. The number of ketones is 1. The lowest BCUT2D eigenvalue weighted by Gasteiger charge is -2.40. The van der Waals surface area contributed by atoms with Crippen LogP contribution in [0.25, 0.3) is 16.7 Å². The lowest BCUT2D eigenvalue weighted by molar-refractivity contribution is -0.115. The highest BCUT2D eigenvalue weighted by Crippen LogP contribution is 2.46. The molecule has 1 aliphatic heterocycles. The minimum atomic E-state index is -3.97. The zero-order chi connectivity index (χ0) is 23.4. The van der Waals surface area contributed by atoms with Gasteiger partial charge in [-0.05, 0) is 68.5 Å². The number of allylic oxidation sites excluding steroid dienone is 1. The third-order valence-electron chi connectivity index (χ3n) is 6.16. The third kappa shape index (κ3) is 3.26. The molecule has 2 aromatic rings. The second kappa shape index (κ2) is 7.48. The van der Waals surface area contributed by atoms with Crippen LogP contribution in [-0.4, -0.2) is 35.9 Å². The molecule has 0 aromatic heterocycles. The predicted octanol–water partition coefficient (Wildman–Crippen LogP) is 4.89. The summed E-state index contributed by atoms with van der Waals surface area (Å²) in [6, 6.07) is 9.87. The fourth-order valence-corrected chi connectivity index (χ4v) is 5.97. The molecule has 166 valence electrons. The van der Waals surface area contributed by atoms with Gasteiger partial charge in [-0.3, -0.25) is 4.79 Å². The number of methoxy groups -OCH3 is 1. The molecule has 2 aromatic carbocycles. The van der Waals surface area contributed by atoms with E-state index in [9.17, 15) is 22.7 Å². The second-order valence-electron chi connectivity index (χ2n) is 8.65. The highest BCUT2D eigenvalue weighted by molar-refractivity contribution is 7.95. The average Bonchev–Trinajstić information content (AvgIpc) is 2.73. The zero-order valence-electron chi connectivity index (χ0n) is 18.5. The molecule has 0 amide bonds. The lowest BCUT2D eigenvalue weighted by Crippen LogP contribution is -2.55. The number of aliphatic hydroxyl groups excluding tert-OH is 1. The van der Waals surface area contributed by atoms with Crippen LogP contribution < -0.4 is 4.74 Å². The van der Waals surface area contributed by atoms with Crippen LogP contribution in [-0.2, 0) is 21.1 Å². The molecule has 0 radical (unpaired) electrons. The van der Waals surface area contributed by atoms with Crippen LogP contribution in [0, 0.1) is 5.82 Å². The van der Waals surface area contributed by atoms with Gasteiger partial charge in [-0.25, -0.2) is 12.8 Å². The van der Waals surface area contributed by atoms with Crippen molar-refractivity contribution in [3.05, 3.63) is 59.1 Å². The van der Waals surface area contributed by atoms with E-state index in [1.165, 1.54) is 40.9 Å². The summed E-state index contributed by atoms with van der Waals surface area (Å²) in [5.41, 5.74) is 2.81. The van der Waals surface area contributed by atoms with Crippen molar-refractivity contribution in [1.29, 1.82) is 0 Å². The first-order valence-electron chi connectivity index (χ1n) is 10.0. The molecule has 0 bridgehead atoms. The summed E-state index contributed by atoms with van der Waals surface area (Å²) in [4.78, 5) is 13.3. The molecule has 31 heavy (non-hydrogen) atoms. The van der Waals surface area contributed by atoms with Crippen molar-refractivity contribution in [3.63, 3.8) is 0 Å². The van der Waals surface area contributed by atoms with E-state index in [1.807, 2.05) is 13.0 Å². The Kier molecular flexibility index (Phi) is 5.55. The molecule has 0 unspecified atom stereocenters. The second-order valence-corrected chi connectivity index (χ2v) is 11.7. The Balaban J connectivity index is 2.23. The quantitative estimate of drug-likeness (QED) is 0.723. The van der Waals surface area contributed by atoms with Crippen LogP contribution in [0.2, 0.25) is 0 Å². The molecule has 0 atom stereocenters. The van der Waals surface area contributed by atoms with Crippen molar-refractivity contribution in [1.82, 2.24) is 0 Å². The molecule has 7 heteroatoms. The summed E-state index contributed by atoms with van der Waals surface area (Å²) in [5.74, 6) is -1.42. The summed E-state index contributed by atoms with van der Waals surface area (Å²) in [7, 11) is -2.57. The van der Waals surface area contributed by atoms with Crippen LogP contribution in [0.15, 0.2) is 42.2 Å². The molecule has 0 fully saturated rings. The minimum absolute atomic E-state index is 0.0323. The number of aliphatic hydroxyl groups is 1. The summed E-state index contributed by atoms with van der Waals surface area (Å²) in [6.45, 7) is 7.49. The largest absolute Gasteiger partial charge is 0.510 e. The Labute approximate surface area is 182 Å². The van der Waals surface area contributed by atoms with Gasteiger partial charge in [0.25, 0.3) is 0 Å². The van der Waals surface area contributed by atoms with Crippen molar-refractivity contribution >= 4 is 21.2 Å². The number of aryl methyl sites for hydroxylation is 1. The van der Waals surface area contributed by atoms with Crippen molar-refractivity contribution in [2.45, 2.75) is 50.5 Å². The van der Waals surface area contributed by atoms with Gasteiger partial charge in [0.2, 0.25) is 0 Å². The number of Topliss-reactive ketones (excluding diaryl/α,β-unsaturated/α-hetero) is 1. The topological polar surface area (TPSA) is 80.7 Å². The highest BCUT2D eigenvalue weighted by atomic mass is 32.2. The maximum Gasteiger partial charge on any atom is 0.187 e. The van der Waals surface area contributed by atoms with Gasteiger partial charge >= 0.3 is 0 Å². The van der Waals surface area contributed by atoms with Gasteiger partial charge in [0, 0.05) is 0 Å². The molecule has 0 saturated carbocycles. The summed E-state index contributed by atoms with van der Waals surface area (Å²) in [6.07, 6.45) is 0.541. The molecule has 5 nitrogen and oxygen atoms in total. The average molecular weight is 447 g/mol. The first kappa shape index (κ1) is 23.0. The van der Waals surface area contributed by atoms with E-state index in [4.69, 9.17) is 4.74 Å². The Morgan fingerprint density at radius 1 is 1.00 bits per heavy atom. The Morgan fingerprint density at radius 2 is 1.58 bits per heavy atom. The number of carbonyl (C=O) groups excluding carboxylic acids is 1. The molecule has 1 heterocycles. The minimum Gasteiger partial charge on any atom is -0.510 e. The molecular weight excluding hydrogens is 419 g/mol. The van der Waals surface area contributed by atoms with Gasteiger partial charge in [0.15, 0.2) is 27.2 Å². The maximum atomic E-state index is 13.8. The van der Waals surface area contributed by atoms with E-state index >= 15 is 0 Å². The van der Waals surface area contributed by atoms with Gasteiger partial charge in [-0.1, -0.05) is 31.2 Å².